The minimum absolute atomic E-state index is 0.0802. The summed E-state index contributed by atoms with van der Waals surface area (Å²) in [6.45, 7) is 1.94. The monoisotopic (exact) mass is 375 g/mol. The summed E-state index contributed by atoms with van der Waals surface area (Å²) in [5.41, 5.74) is 0.907. The highest BCUT2D eigenvalue weighted by Crippen LogP contribution is 2.38. The zero-order valence-corrected chi connectivity index (χ0v) is 14.9. The van der Waals surface area contributed by atoms with Gasteiger partial charge in [0.1, 0.15) is 16.4 Å². The number of ether oxygens (including phenoxy) is 1. The Morgan fingerprint density at radius 1 is 1.16 bits per heavy atom. The molecule has 1 N–H and O–H groups in total. The van der Waals surface area contributed by atoms with Crippen LogP contribution in [-0.2, 0) is 4.74 Å². The Kier molecular flexibility index (Phi) is 5.25. The Balaban J connectivity index is 1.97. The first kappa shape index (κ1) is 17.3. The van der Waals surface area contributed by atoms with Gasteiger partial charge in [-0.25, -0.2) is 9.18 Å². The van der Waals surface area contributed by atoms with Crippen molar-refractivity contribution in [1.29, 1.82) is 0 Å². The van der Waals surface area contributed by atoms with Crippen molar-refractivity contribution < 1.29 is 18.7 Å². The van der Waals surface area contributed by atoms with Crippen LogP contribution >= 0.6 is 22.7 Å². The van der Waals surface area contributed by atoms with Crippen LogP contribution in [0.15, 0.2) is 47.2 Å². The maximum atomic E-state index is 13.8. The van der Waals surface area contributed by atoms with Crippen LogP contribution in [0.3, 0.4) is 0 Å². The second kappa shape index (κ2) is 7.58. The number of hydrogen-bond acceptors (Lipinski definition) is 5. The predicted molar refractivity (Wildman–Crippen MR) is 97.9 cm³/mol. The largest absolute Gasteiger partial charge is 0.462 e. The van der Waals surface area contributed by atoms with Crippen LogP contribution < -0.4 is 5.32 Å². The lowest BCUT2D eigenvalue weighted by atomic mass is 10.1. The maximum absolute atomic E-state index is 13.8. The van der Waals surface area contributed by atoms with Gasteiger partial charge in [0.05, 0.1) is 12.2 Å². The number of amides is 1. The van der Waals surface area contributed by atoms with Crippen molar-refractivity contribution in [3.05, 3.63) is 64.1 Å². The molecule has 0 aliphatic heterocycles. The second-order valence-corrected chi connectivity index (χ2v) is 6.81. The topological polar surface area (TPSA) is 55.4 Å². The summed E-state index contributed by atoms with van der Waals surface area (Å²) in [6.07, 6.45) is 0. The van der Waals surface area contributed by atoms with Gasteiger partial charge in [-0.3, -0.25) is 4.79 Å². The minimum atomic E-state index is -0.618. The number of benzene rings is 1. The predicted octanol–water partition coefficient (Wildman–Crippen LogP) is 5.04. The standard InChI is InChI=1S/C18H14FNO3S2/c1-2-23-18(22)15-12(14-8-5-9-24-14)10-25-17(15)20-16(21)11-6-3-4-7-13(11)19/h3-10H,2H2,1H3,(H,20,21). The quantitative estimate of drug-likeness (QED) is 0.635. The molecule has 1 amide bonds. The summed E-state index contributed by atoms with van der Waals surface area (Å²) in [6, 6.07) is 9.46. The van der Waals surface area contributed by atoms with Crippen LogP contribution in [0.2, 0.25) is 0 Å². The molecule has 1 aromatic carbocycles. The highest BCUT2D eigenvalue weighted by molar-refractivity contribution is 7.17. The molecule has 0 saturated carbocycles. The number of carbonyl (C=O) groups is 2. The summed E-state index contributed by atoms with van der Waals surface area (Å²) < 4.78 is 18.9. The van der Waals surface area contributed by atoms with Crippen molar-refractivity contribution in [3.8, 4) is 10.4 Å². The van der Waals surface area contributed by atoms with Gasteiger partial charge in [-0.15, -0.1) is 22.7 Å². The van der Waals surface area contributed by atoms with E-state index in [0.29, 0.717) is 16.1 Å². The molecule has 0 fully saturated rings. The fourth-order valence-corrected chi connectivity index (χ4v) is 4.05. The summed E-state index contributed by atoms with van der Waals surface area (Å²) >= 11 is 2.69. The molecule has 0 radical (unpaired) electrons. The Morgan fingerprint density at radius 2 is 1.96 bits per heavy atom. The first-order valence-corrected chi connectivity index (χ1v) is 9.26. The SMILES string of the molecule is CCOC(=O)c1c(-c2cccs2)csc1NC(=O)c1ccccc1F. The van der Waals surface area contributed by atoms with E-state index in [0.717, 1.165) is 4.88 Å². The van der Waals surface area contributed by atoms with E-state index >= 15 is 0 Å². The number of anilines is 1. The molecule has 0 unspecified atom stereocenters. The second-order valence-electron chi connectivity index (χ2n) is 4.99. The van der Waals surface area contributed by atoms with Gasteiger partial charge < -0.3 is 10.1 Å². The number of esters is 1. The van der Waals surface area contributed by atoms with Crippen molar-refractivity contribution in [2.45, 2.75) is 6.92 Å². The van der Waals surface area contributed by atoms with Crippen LogP contribution in [0.25, 0.3) is 10.4 Å². The smallest absolute Gasteiger partial charge is 0.341 e. The average Bonchev–Trinajstić information content (AvgIpc) is 3.24. The highest BCUT2D eigenvalue weighted by Gasteiger charge is 2.24. The Hall–Kier alpha value is -2.51. The van der Waals surface area contributed by atoms with Gasteiger partial charge in [0.2, 0.25) is 0 Å². The minimum Gasteiger partial charge on any atom is -0.462 e. The third-order valence-corrected chi connectivity index (χ3v) is 5.20. The highest BCUT2D eigenvalue weighted by atomic mass is 32.1. The zero-order valence-electron chi connectivity index (χ0n) is 13.2. The first-order valence-electron chi connectivity index (χ1n) is 7.50. The molecule has 25 heavy (non-hydrogen) atoms. The maximum Gasteiger partial charge on any atom is 0.341 e. The lowest BCUT2D eigenvalue weighted by Crippen LogP contribution is -2.16. The van der Waals surface area contributed by atoms with Gasteiger partial charge >= 0.3 is 5.97 Å². The van der Waals surface area contributed by atoms with E-state index in [-0.39, 0.29) is 12.2 Å². The van der Waals surface area contributed by atoms with E-state index in [1.165, 1.54) is 40.9 Å². The van der Waals surface area contributed by atoms with Crippen LogP contribution in [-0.4, -0.2) is 18.5 Å². The number of rotatable bonds is 5. The van der Waals surface area contributed by atoms with Crippen molar-refractivity contribution in [2.75, 3.05) is 11.9 Å². The molecular formula is C18H14FNO3S2. The Bertz CT molecular complexity index is 903. The van der Waals surface area contributed by atoms with E-state index in [4.69, 9.17) is 4.74 Å². The molecule has 3 aromatic rings. The molecule has 7 heteroatoms. The van der Waals surface area contributed by atoms with E-state index in [9.17, 15) is 14.0 Å². The number of carbonyl (C=O) groups excluding carboxylic acids is 2. The van der Waals surface area contributed by atoms with Crippen LogP contribution in [0.5, 0.6) is 0 Å². The summed E-state index contributed by atoms with van der Waals surface area (Å²) in [4.78, 5) is 25.7. The van der Waals surface area contributed by atoms with Crippen LogP contribution in [0.1, 0.15) is 27.6 Å². The first-order chi connectivity index (χ1) is 12.1. The molecule has 128 valence electrons. The number of nitrogens with one attached hydrogen (secondary N) is 1. The van der Waals surface area contributed by atoms with Crippen LogP contribution in [0, 0.1) is 5.82 Å². The molecule has 4 nitrogen and oxygen atoms in total. The molecule has 0 aliphatic rings. The molecule has 0 saturated heterocycles. The van der Waals surface area contributed by atoms with Crippen LogP contribution in [0.4, 0.5) is 9.39 Å². The lowest BCUT2D eigenvalue weighted by Gasteiger charge is -2.08. The van der Waals surface area contributed by atoms with Gasteiger partial charge in [-0.2, -0.15) is 0 Å². The van der Waals surface area contributed by atoms with Gasteiger partial charge in [0, 0.05) is 15.8 Å². The number of halogens is 1. The number of thiophene rings is 2. The summed E-state index contributed by atoms with van der Waals surface area (Å²) in [5, 5.41) is 6.66. The van der Waals surface area contributed by atoms with E-state index in [1.54, 1.807) is 18.4 Å². The fraction of sp³-hybridized carbons (Fsp3) is 0.111. The van der Waals surface area contributed by atoms with Crippen molar-refractivity contribution >= 4 is 39.6 Å². The third kappa shape index (κ3) is 3.62. The molecule has 2 aromatic heterocycles. The fourth-order valence-electron chi connectivity index (χ4n) is 2.28. The number of hydrogen-bond donors (Lipinski definition) is 1. The summed E-state index contributed by atoms with van der Waals surface area (Å²) in [5.74, 6) is -1.74. The van der Waals surface area contributed by atoms with Crippen molar-refractivity contribution in [3.63, 3.8) is 0 Å². The van der Waals surface area contributed by atoms with E-state index < -0.39 is 17.7 Å². The summed E-state index contributed by atoms with van der Waals surface area (Å²) in [7, 11) is 0. The third-order valence-electron chi connectivity index (χ3n) is 3.40. The van der Waals surface area contributed by atoms with E-state index in [2.05, 4.69) is 5.32 Å². The molecule has 2 heterocycles. The molecule has 0 atom stereocenters. The molecule has 3 rings (SSSR count). The van der Waals surface area contributed by atoms with Gasteiger partial charge in [-0.05, 0) is 30.5 Å². The molecule has 0 aliphatic carbocycles. The molecule has 0 bridgehead atoms. The Morgan fingerprint density at radius 3 is 2.64 bits per heavy atom. The normalized spacial score (nSPS) is 10.5. The van der Waals surface area contributed by atoms with Crippen molar-refractivity contribution in [2.24, 2.45) is 0 Å². The zero-order chi connectivity index (χ0) is 17.8. The van der Waals surface area contributed by atoms with Crippen molar-refractivity contribution in [1.82, 2.24) is 0 Å². The average molecular weight is 375 g/mol. The van der Waals surface area contributed by atoms with Gasteiger partial charge in [-0.1, -0.05) is 18.2 Å². The van der Waals surface area contributed by atoms with E-state index in [1.807, 2.05) is 17.5 Å². The molecule has 0 spiro atoms. The van der Waals surface area contributed by atoms with Gasteiger partial charge in [0.15, 0.2) is 0 Å². The van der Waals surface area contributed by atoms with Gasteiger partial charge in [0.25, 0.3) is 5.91 Å². The Labute approximate surface area is 151 Å². The lowest BCUT2D eigenvalue weighted by molar-refractivity contribution is 0.0529. The molecular weight excluding hydrogens is 361 g/mol.